The van der Waals surface area contributed by atoms with Gasteiger partial charge in [0.2, 0.25) is 5.03 Å². The molecular weight excluding hydrogens is 278 g/mol. The minimum Gasteiger partial charge on any atom is -0.393 e. The van der Waals surface area contributed by atoms with Gasteiger partial charge in [0.1, 0.15) is 5.15 Å². The Hall–Kier alpha value is -0.630. The van der Waals surface area contributed by atoms with Crippen molar-refractivity contribution in [3.63, 3.8) is 0 Å². The molecule has 0 amide bonds. The number of aryl methyl sites for hydroxylation is 1. The number of nitrogens with one attached hydrogen (secondary N) is 1. The maximum absolute atomic E-state index is 12.0. The van der Waals surface area contributed by atoms with Crippen LogP contribution >= 0.6 is 11.6 Å². The van der Waals surface area contributed by atoms with Crippen LogP contribution in [-0.2, 0) is 17.1 Å². The van der Waals surface area contributed by atoms with E-state index < -0.39 is 16.1 Å². The average Bonchev–Trinajstić information content (AvgIpc) is 2.85. The van der Waals surface area contributed by atoms with Crippen LogP contribution in [0.2, 0.25) is 5.15 Å². The first-order chi connectivity index (χ1) is 8.42. The number of imidazole rings is 1. The highest BCUT2D eigenvalue weighted by molar-refractivity contribution is 7.89. The maximum atomic E-state index is 12.0. The number of nitrogens with zero attached hydrogens (tertiary/aromatic N) is 2. The lowest BCUT2D eigenvalue weighted by Gasteiger charge is -2.14. The Kier molecular flexibility index (Phi) is 3.96. The van der Waals surface area contributed by atoms with E-state index in [9.17, 15) is 13.5 Å². The number of halogens is 1. The largest absolute Gasteiger partial charge is 0.393 e. The van der Waals surface area contributed by atoms with Crippen LogP contribution in [0.15, 0.2) is 11.4 Å². The molecule has 1 aliphatic carbocycles. The first-order valence-corrected chi connectivity index (χ1v) is 7.62. The van der Waals surface area contributed by atoms with Crippen molar-refractivity contribution in [2.45, 2.75) is 30.4 Å². The van der Waals surface area contributed by atoms with Crippen molar-refractivity contribution in [2.24, 2.45) is 13.0 Å². The van der Waals surface area contributed by atoms with Crippen LogP contribution in [0.3, 0.4) is 0 Å². The quantitative estimate of drug-likeness (QED) is 0.847. The van der Waals surface area contributed by atoms with Crippen molar-refractivity contribution < 1.29 is 13.5 Å². The first-order valence-electron chi connectivity index (χ1n) is 5.76. The van der Waals surface area contributed by atoms with E-state index in [-0.39, 0.29) is 22.6 Å². The fourth-order valence-corrected chi connectivity index (χ4v) is 3.63. The maximum Gasteiger partial charge on any atom is 0.261 e. The van der Waals surface area contributed by atoms with E-state index in [4.69, 9.17) is 11.6 Å². The van der Waals surface area contributed by atoms with Crippen LogP contribution in [0.25, 0.3) is 0 Å². The smallest absolute Gasteiger partial charge is 0.261 e. The van der Waals surface area contributed by atoms with Crippen molar-refractivity contribution in [3.05, 3.63) is 11.5 Å². The third kappa shape index (κ3) is 2.69. The molecule has 0 aromatic carbocycles. The summed E-state index contributed by atoms with van der Waals surface area (Å²) in [6.45, 7) is 0.219. The van der Waals surface area contributed by atoms with E-state index in [0.717, 1.165) is 19.3 Å². The molecule has 1 aliphatic rings. The topological polar surface area (TPSA) is 84.2 Å². The molecule has 0 aliphatic heterocycles. The van der Waals surface area contributed by atoms with E-state index in [0.29, 0.717) is 0 Å². The van der Waals surface area contributed by atoms with Crippen molar-refractivity contribution in [3.8, 4) is 0 Å². The molecule has 0 spiro atoms. The fraction of sp³-hybridized carbons (Fsp3) is 0.700. The molecule has 2 rings (SSSR count). The van der Waals surface area contributed by atoms with Gasteiger partial charge in [0.05, 0.1) is 12.4 Å². The van der Waals surface area contributed by atoms with Crippen molar-refractivity contribution in [2.75, 3.05) is 6.54 Å². The Morgan fingerprint density at radius 3 is 2.83 bits per heavy atom. The van der Waals surface area contributed by atoms with Crippen molar-refractivity contribution >= 4 is 21.6 Å². The van der Waals surface area contributed by atoms with Gasteiger partial charge >= 0.3 is 0 Å². The summed E-state index contributed by atoms with van der Waals surface area (Å²) in [5.74, 6) is -0.0257. The lowest BCUT2D eigenvalue weighted by atomic mass is 10.1. The van der Waals surface area contributed by atoms with Gasteiger partial charge in [0.15, 0.2) is 0 Å². The summed E-state index contributed by atoms with van der Waals surface area (Å²) in [6.07, 6.45) is 3.42. The summed E-state index contributed by atoms with van der Waals surface area (Å²) in [6, 6.07) is 0. The molecule has 2 N–H and O–H groups in total. The van der Waals surface area contributed by atoms with Crippen molar-refractivity contribution in [1.29, 1.82) is 0 Å². The second kappa shape index (κ2) is 5.16. The number of aliphatic hydroxyl groups is 1. The normalized spacial score (nSPS) is 24.6. The lowest BCUT2D eigenvalue weighted by molar-refractivity contribution is 0.134. The summed E-state index contributed by atoms with van der Waals surface area (Å²) >= 11 is 5.85. The van der Waals surface area contributed by atoms with E-state index in [1.807, 2.05) is 0 Å². The number of aliphatic hydroxyl groups excluding tert-OH is 1. The van der Waals surface area contributed by atoms with Crippen molar-refractivity contribution in [1.82, 2.24) is 14.3 Å². The summed E-state index contributed by atoms with van der Waals surface area (Å²) < 4.78 is 27.8. The van der Waals surface area contributed by atoms with Gasteiger partial charge in [0, 0.05) is 13.6 Å². The van der Waals surface area contributed by atoms with Crippen LogP contribution in [0, 0.1) is 5.92 Å². The van der Waals surface area contributed by atoms with E-state index in [1.54, 1.807) is 7.05 Å². The van der Waals surface area contributed by atoms with Crippen LogP contribution in [0.4, 0.5) is 0 Å². The SMILES string of the molecule is Cn1cnc(S(=O)(=O)NCC2CCCC2O)c1Cl. The summed E-state index contributed by atoms with van der Waals surface area (Å²) in [4.78, 5) is 3.77. The molecule has 0 saturated heterocycles. The van der Waals surface area contributed by atoms with Gasteiger partial charge in [-0.3, -0.25) is 0 Å². The van der Waals surface area contributed by atoms with Gasteiger partial charge in [-0.2, -0.15) is 0 Å². The van der Waals surface area contributed by atoms with E-state index in [2.05, 4.69) is 9.71 Å². The van der Waals surface area contributed by atoms with Gasteiger partial charge < -0.3 is 9.67 Å². The Balaban J connectivity index is 2.06. The molecule has 2 unspecified atom stereocenters. The molecule has 102 valence electrons. The fourth-order valence-electron chi connectivity index (χ4n) is 2.11. The molecule has 1 fully saturated rings. The summed E-state index contributed by atoms with van der Waals surface area (Å²) in [7, 11) is -2.09. The van der Waals surface area contributed by atoms with E-state index in [1.165, 1.54) is 10.9 Å². The van der Waals surface area contributed by atoms with Gasteiger partial charge in [0.25, 0.3) is 10.0 Å². The third-order valence-electron chi connectivity index (χ3n) is 3.24. The lowest BCUT2D eigenvalue weighted by Crippen LogP contribution is -2.32. The van der Waals surface area contributed by atoms with Gasteiger partial charge in [-0.05, 0) is 18.8 Å². The van der Waals surface area contributed by atoms with Gasteiger partial charge in [-0.15, -0.1) is 0 Å². The zero-order valence-corrected chi connectivity index (χ0v) is 11.6. The predicted molar refractivity (Wildman–Crippen MR) is 66.8 cm³/mol. The standard InChI is InChI=1S/C10H16ClN3O3S/c1-14-6-12-10(9(14)11)18(16,17)13-5-7-3-2-4-8(7)15/h6-8,13,15H,2-5H2,1H3. The number of sulfonamides is 1. The average molecular weight is 294 g/mol. The molecule has 1 aromatic rings. The molecule has 1 heterocycles. The van der Waals surface area contributed by atoms with Gasteiger partial charge in [-0.1, -0.05) is 18.0 Å². The van der Waals surface area contributed by atoms with Crippen LogP contribution in [0.5, 0.6) is 0 Å². The minimum atomic E-state index is -3.71. The monoisotopic (exact) mass is 293 g/mol. The number of hydrogen-bond acceptors (Lipinski definition) is 4. The number of aromatic nitrogens is 2. The first kappa shape index (κ1) is 13.8. The third-order valence-corrected chi connectivity index (χ3v) is 5.16. The predicted octanol–water partition coefficient (Wildman–Crippen LogP) is 0.513. The highest BCUT2D eigenvalue weighted by Gasteiger charge is 2.28. The van der Waals surface area contributed by atoms with Crippen LogP contribution < -0.4 is 4.72 Å². The zero-order valence-electron chi connectivity index (χ0n) is 10.0. The number of hydrogen-bond donors (Lipinski definition) is 2. The molecule has 0 radical (unpaired) electrons. The molecule has 1 aromatic heterocycles. The Bertz CT molecular complexity index is 528. The molecule has 2 atom stereocenters. The highest BCUT2D eigenvalue weighted by atomic mass is 35.5. The summed E-state index contributed by atoms with van der Waals surface area (Å²) in [5, 5.41) is 9.55. The Morgan fingerprint density at radius 2 is 2.33 bits per heavy atom. The summed E-state index contributed by atoms with van der Waals surface area (Å²) in [5.41, 5.74) is 0. The Morgan fingerprint density at radius 1 is 1.61 bits per heavy atom. The Labute approximate surface area is 111 Å². The molecule has 0 bridgehead atoms. The molecule has 1 saturated carbocycles. The zero-order chi connectivity index (χ0) is 13.3. The van der Waals surface area contributed by atoms with E-state index >= 15 is 0 Å². The van der Waals surface area contributed by atoms with Crippen LogP contribution in [-0.4, -0.2) is 35.7 Å². The number of rotatable bonds is 4. The van der Waals surface area contributed by atoms with Gasteiger partial charge in [-0.25, -0.2) is 18.1 Å². The highest BCUT2D eigenvalue weighted by Crippen LogP contribution is 2.25. The molecule has 8 heteroatoms. The van der Waals surface area contributed by atoms with Crippen LogP contribution in [0.1, 0.15) is 19.3 Å². The minimum absolute atomic E-state index is 0.0257. The molecular formula is C10H16ClN3O3S. The molecule has 6 nitrogen and oxygen atoms in total. The second-order valence-corrected chi connectivity index (χ2v) is 6.60. The second-order valence-electron chi connectivity index (χ2n) is 4.56. The molecule has 18 heavy (non-hydrogen) atoms.